The van der Waals surface area contributed by atoms with E-state index in [0.29, 0.717) is 6.54 Å². The van der Waals surface area contributed by atoms with E-state index in [1.807, 2.05) is 47.8 Å². The number of carbonyl (C=O) groups excluding carboxylic acids is 1. The van der Waals surface area contributed by atoms with Crippen LogP contribution in [0.4, 0.5) is 0 Å². The van der Waals surface area contributed by atoms with Crippen molar-refractivity contribution in [3.63, 3.8) is 0 Å². The summed E-state index contributed by atoms with van der Waals surface area (Å²) in [6.45, 7) is 0.604. The van der Waals surface area contributed by atoms with Gasteiger partial charge in [0.1, 0.15) is 5.38 Å². The van der Waals surface area contributed by atoms with Crippen molar-refractivity contribution in [2.24, 2.45) is 0 Å². The summed E-state index contributed by atoms with van der Waals surface area (Å²) in [6.07, 6.45) is 0. The largest absolute Gasteiger partial charge is 0.339 e. The molecule has 1 aromatic heterocycles. The van der Waals surface area contributed by atoms with Crippen LogP contribution in [0.3, 0.4) is 0 Å². The molecule has 1 atom stereocenters. The Hall–Kier alpha value is -1.32. The highest BCUT2D eigenvalue weighted by Crippen LogP contribution is 2.23. The van der Waals surface area contributed by atoms with Crippen molar-refractivity contribution in [1.29, 1.82) is 0 Å². The summed E-state index contributed by atoms with van der Waals surface area (Å²) in [6, 6.07) is 13.4. The number of amides is 1. The number of benzene rings is 1. The summed E-state index contributed by atoms with van der Waals surface area (Å²) in [7, 11) is 1.78. The molecule has 0 aliphatic heterocycles. The lowest BCUT2D eigenvalue weighted by atomic mass is 10.1. The van der Waals surface area contributed by atoms with Gasteiger partial charge < -0.3 is 4.90 Å². The fraction of sp³-hybridized carbons (Fsp3) is 0.214. The Morgan fingerprint density at radius 2 is 2.00 bits per heavy atom. The molecule has 2 rings (SSSR count). The zero-order chi connectivity index (χ0) is 13.0. The normalized spacial score (nSPS) is 12.1. The van der Waals surface area contributed by atoms with Crippen LogP contribution in [0.2, 0.25) is 0 Å². The molecular weight excluding hydrogens is 266 g/mol. The highest BCUT2D eigenvalue weighted by molar-refractivity contribution is 7.09. The summed E-state index contributed by atoms with van der Waals surface area (Å²) in [5, 5.41) is 1.39. The van der Waals surface area contributed by atoms with E-state index < -0.39 is 5.38 Å². The third-order valence-electron chi connectivity index (χ3n) is 2.66. The zero-order valence-electron chi connectivity index (χ0n) is 10.0. The van der Waals surface area contributed by atoms with E-state index in [4.69, 9.17) is 11.6 Å². The van der Waals surface area contributed by atoms with Gasteiger partial charge in [0.05, 0.1) is 6.54 Å². The van der Waals surface area contributed by atoms with Crippen molar-refractivity contribution in [3.05, 3.63) is 58.3 Å². The van der Waals surface area contributed by atoms with Gasteiger partial charge in [0.25, 0.3) is 0 Å². The lowest BCUT2D eigenvalue weighted by Gasteiger charge is -2.19. The summed E-state index contributed by atoms with van der Waals surface area (Å²) < 4.78 is 0. The molecule has 18 heavy (non-hydrogen) atoms. The average Bonchev–Trinajstić information content (AvgIpc) is 2.91. The second kappa shape index (κ2) is 6.03. The Morgan fingerprint density at radius 1 is 1.28 bits per heavy atom. The Labute approximate surface area is 116 Å². The molecule has 1 heterocycles. The van der Waals surface area contributed by atoms with Crippen LogP contribution in [0.1, 0.15) is 15.8 Å². The molecule has 94 valence electrons. The van der Waals surface area contributed by atoms with Crippen molar-refractivity contribution in [2.75, 3.05) is 7.05 Å². The maximum atomic E-state index is 12.2. The minimum absolute atomic E-state index is 0.0729. The predicted octanol–water partition coefficient (Wildman–Crippen LogP) is 3.69. The number of carbonyl (C=O) groups is 1. The summed E-state index contributed by atoms with van der Waals surface area (Å²) in [5.74, 6) is -0.0729. The third-order valence-corrected chi connectivity index (χ3v) is 3.96. The molecule has 2 aromatic rings. The van der Waals surface area contributed by atoms with E-state index in [2.05, 4.69) is 0 Å². The number of nitrogens with zero attached hydrogens (tertiary/aromatic N) is 1. The number of halogens is 1. The monoisotopic (exact) mass is 279 g/mol. The van der Waals surface area contributed by atoms with Crippen LogP contribution in [-0.2, 0) is 11.3 Å². The first kappa shape index (κ1) is 13.1. The van der Waals surface area contributed by atoms with Gasteiger partial charge in [-0.05, 0) is 17.0 Å². The molecule has 0 fully saturated rings. The van der Waals surface area contributed by atoms with Crippen LogP contribution in [-0.4, -0.2) is 17.9 Å². The van der Waals surface area contributed by atoms with Crippen LogP contribution < -0.4 is 0 Å². The standard InChI is InChI=1S/C14H14ClNOS/c1-16(10-12-8-5-9-18-12)14(17)13(15)11-6-3-2-4-7-11/h2-9,13H,10H2,1H3. The number of thiophene rings is 1. The Bertz CT molecular complexity index is 498. The summed E-state index contributed by atoms with van der Waals surface area (Å²) in [5.41, 5.74) is 0.835. The Kier molecular flexibility index (Phi) is 4.39. The lowest BCUT2D eigenvalue weighted by molar-refractivity contribution is -0.130. The van der Waals surface area contributed by atoms with Gasteiger partial charge >= 0.3 is 0 Å². The molecule has 0 aliphatic rings. The molecule has 2 nitrogen and oxygen atoms in total. The van der Waals surface area contributed by atoms with E-state index in [1.54, 1.807) is 23.3 Å². The van der Waals surface area contributed by atoms with Gasteiger partial charge in [-0.15, -0.1) is 22.9 Å². The van der Waals surface area contributed by atoms with Gasteiger partial charge in [-0.1, -0.05) is 36.4 Å². The molecular formula is C14H14ClNOS. The van der Waals surface area contributed by atoms with E-state index in [1.165, 1.54) is 0 Å². The highest BCUT2D eigenvalue weighted by atomic mass is 35.5. The fourth-order valence-electron chi connectivity index (χ4n) is 1.67. The smallest absolute Gasteiger partial charge is 0.245 e. The summed E-state index contributed by atoms with van der Waals surface area (Å²) in [4.78, 5) is 15.0. The Morgan fingerprint density at radius 3 is 2.61 bits per heavy atom. The molecule has 0 aliphatic carbocycles. The first-order chi connectivity index (χ1) is 8.68. The molecule has 0 radical (unpaired) electrons. The van der Waals surface area contributed by atoms with Gasteiger partial charge in [0.15, 0.2) is 0 Å². The molecule has 1 aromatic carbocycles. The second-order valence-electron chi connectivity index (χ2n) is 4.05. The van der Waals surface area contributed by atoms with E-state index >= 15 is 0 Å². The number of likely N-dealkylation sites (N-methyl/N-ethyl adjacent to an activating group) is 1. The van der Waals surface area contributed by atoms with Crippen molar-refractivity contribution in [1.82, 2.24) is 4.90 Å². The van der Waals surface area contributed by atoms with Crippen molar-refractivity contribution in [2.45, 2.75) is 11.9 Å². The molecule has 4 heteroatoms. The van der Waals surface area contributed by atoms with Crippen LogP contribution in [0, 0.1) is 0 Å². The maximum absolute atomic E-state index is 12.2. The first-order valence-electron chi connectivity index (χ1n) is 5.65. The van der Waals surface area contributed by atoms with Gasteiger partial charge in [0, 0.05) is 11.9 Å². The molecule has 0 saturated carbocycles. The second-order valence-corrected chi connectivity index (χ2v) is 5.52. The van der Waals surface area contributed by atoms with Gasteiger partial charge in [-0.25, -0.2) is 0 Å². The maximum Gasteiger partial charge on any atom is 0.245 e. The first-order valence-corrected chi connectivity index (χ1v) is 6.96. The molecule has 1 amide bonds. The van der Waals surface area contributed by atoms with Crippen molar-refractivity contribution in [3.8, 4) is 0 Å². The minimum atomic E-state index is -0.615. The topological polar surface area (TPSA) is 20.3 Å². The third kappa shape index (κ3) is 3.12. The fourth-order valence-corrected chi connectivity index (χ4v) is 2.74. The van der Waals surface area contributed by atoms with Gasteiger partial charge in [-0.3, -0.25) is 4.79 Å². The predicted molar refractivity (Wildman–Crippen MR) is 75.8 cm³/mol. The van der Waals surface area contributed by atoms with Crippen LogP contribution >= 0.6 is 22.9 Å². The number of hydrogen-bond donors (Lipinski definition) is 0. The number of alkyl halides is 1. The lowest BCUT2D eigenvalue weighted by Crippen LogP contribution is -2.29. The number of hydrogen-bond acceptors (Lipinski definition) is 2. The van der Waals surface area contributed by atoms with Gasteiger partial charge in [-0.2, -0.15) is 0 Å². The Balaban J connectivity index is 2.02. The average molecular weight is 280 g/mol. The van der Waals surface area contributed by atoms with Crippen molar-refractivity contribution < 1.29 is 4.79 Å². The molecule has 0 bridgehead atoms. The van der Waals surface area contributed by atoms with E-state index in [9.17, 15) is 4.79 Å². The van der Waals surface area contributed by atoms with Crippen LogP contribution in [0.15, 0.2) is 47.8 Å². The molecule has 0 saturated heterocycles. The summed E-state index contributed by atoms with van der Waals surface area (Å²) >= 11 is 7.84. The van der Waals surface area contributed by atoms with E-state index in [-0.39, 0.29) is 5.91 Å². The highest BCUT2D eigenvalue weighted by Gasteiger charge is 2.21. The molecule has 0 spiro atoms. The minimum Gasteiger partial charge on any atom is -0.339 e. The SMILES string of the molecule is CN(Cc1cccs1)C(=O)C(Cl)c1ccccc1. The zero-order valence-corrected chi connectivity index (χ0v) is 11.6. The molecule has 1 unspecified atom stereocenters. The quantitative estimate of drug-likeness (QED) is 0.782. The van der Waals surface area contributed by atoms with Crippen molar-refractivity contribution >= 4 is 28.8 Å². The van der Waals surface area contributed by atoms with Crippen LogP contribution in [0.25, 0.3) is 0 Å². The number of rotatable bonds is 4. The molecule has 0 N–H and O–H groups in total. The van der Waals surface area contributed by atoms with E-state index in [0.717, 1.165) is 10.4 Å². The van der Waals surface area contributed by atoms with Gasteiger partial charge in [0.2, 0.25) is 5.91 Å². The van der Waals surface area contributed by atoms with Crippen LogP contribution in [0.5, 0.6) is 0 Å².